The van der Waals surface area contributed by atoms with Crippen LogP contribution in [0.1, 0.15) is 40.0 Å². The van der Waals surface area contributed by atoms with Gasteiger partial charge in [-0.25, -0.2) is 8.42 Å². The third-order valence-electron chi connectivity index (χ3n) is 4.64. The quantitative estimate of drug-likeness (QED) is 0.626. The predicted molar refractivity (Wildman–Crippen MR) is 115 cm³/mol. The van der Waals surface area contributed by atoms with E-state index in [4.69, 9.17) is 0 Å². The minimum Gasteiger partial charge on any atom is -0.346 e. The number of carbonyl (C=O) groups excluding carboxylic acids is 1. The maximum absolute atomic E-state index is 12.7. The predicted octanol–water partition coefficient (Wildman–Crippen LogP) is 4.60. The maximum Gasteiger partial charge on any atom is 0.261 e. The Labute approximate surface area is 171 Å². The van der Waals surface area contributed by atoms with Crippen molar-refractivity contribution in [2.24, 2.45) is 0 Å². The highest BCUT2D eigenvalue weighted by molar-refractivity contribution is 7.92. The first-order valence-corrected chi connectivity index (χ1v) is 10.8. The number of nitrogens with one attached hydrogen (secondary N) is 2. The Morgan fingerprint density at radius 1 is 0.862 bits per heavy atom. The van der Waals surface area contributed by atoms with Crippen molar-refractivity contribution in [2.75, 3.05) is 4.72 Å². The molecule has 0 unspecified atom stereocenters. The second-order valence-electron chi connectivity index (χ2n) is 7.11. The van der Waals surface area contributed by atoms with Crippen molar-refractivity contribution in [3.63, 3.8) is 0 Å². The van der Waals surface area contributed by atoms with Gasteiger partial charge in [-0.3, -0.25) is 9.52 Å². The van der Waals surface area contributed by atoms with Crippen LogP contribution in [0.4, 0.5) is 5.69 Å². The summed E-state index contributed by atoms with van der Waals surface area (Å²) >= 11 is 0. The molecule has 0 fully saturated rings. The van der Waals surface area contributed by atoms with Gasteiger partial charge in [-0.2, -0.15) is 0 Å². The molecule has 5 nitrogen and oxygen atoms in total. The first kappa shape index (κ1) is 20.6. The van der Waals surface area contributed by atoms with Crippen molar-refractivity contribution >= 4 is 21.6 Å². The Morgan fingerprint density at radius 2 is 1.45 bits per heavy atom. The number of anilines is 1. The molecule has 0 aliphatic carbocycles. The summed E-state index contributed by atoms with van der Waals surface area (Å²) in [5.41, 5.74) is 3.92. The Kier molecular flexibility index (Phi) is 6.03. The zero-order valence-electron chi connectivity index (χ0n) is 16.6. The van der Waals surface area contributed by atoms with Gasteiger partial charge in [0.05, 0.1) is 10.9 Å². The number of hydrogen-bond acceptors (Lipinski definition) is 3. The highest BCUT2D eigenvalue weighted by Crippen LogP contribution is 2.19. The third-order valence-corrected chi connectivity index (χ3v) is 6.01. The molecule has 1 amide bonds. The van der Waals surface area contributed by atoms with Crippen molar-refractivity contribution < 1.29 is 13.2 Å². The van der Waals surface area contributed by atoms with Crippen LogP contribution in [0.5, 0.6) is 0 Å². The number of rotatable bonds is 6. The van der Waals surface area contributed by atoms with Crippen molar-refractivity contribution in [3.05, 3.63) is 95.1 Å². The van der Waals surface area contributed by atoms with Gasteiger partial charge in [0, 0.05) is 11.3 Å². The van der Waals surface area contributed by atoms with E-state index >= 15 is 0 Å². The fourth-order valence-corrected chi connectivity index (χ4v) is 3.96. The normalized spacial score (nSPS) is 12.2. The van der Waals surface area contributed by atoms with Crippen molar-refractivity contribution in [2.45, 2.75) is 31.7 Å². The SMILES string of the molecule is Cc1ccc(NS(=O)(=O)c2cccc(C(=O)N[C@@H](C)c3ccc(C)cc3)c2)cc1. The lowest BCUT2D eigenvalue weighted by Crippen LogP contribution is -2.27. The van der Waals surface area contributed by atoms with Crippen molar-refractivity contribution in [3.8, 4) is 0 Å². The van der Waals surface area contributed by atoms with E-state index in [0.717, 1.165) is 16.7 Å². The van der Waals surface area contributed by atoms with E-state index in [-0.39, 0.29) is 22.4 Å². The van der Waals surface area contributed by atoms with E-state index in [1.165, 1.54) is 12.1 Å². The first-order chi connectivity index (χ1) is 13.7. The van der Waals surface area contributed by atoms with E-state index in [1.807, 2.05) is 57.2 Å². The average Bonchev–Trinajstić information content (AvgIpc) is 2.70. The van der Waals surface area contributed by atoms with E-state index < -0.39 is 10.0 Å². The molecular weight excluding hydrogens is 384 g/mol. The van der Waals surface area contributed by atoms with Gasteiger partial charge in [-0.1, -0.05) is 53.6 Å². The van der Waals surface area contributed by atoms with Gasteiger partial charge in [0.2, 0.25) is 0 Å². The Hall–Kier alpha value is -3.12. The van der Waals surface area contributed by atoms with Crippen LogP contribution in [0.2, 0.25) is 0 Å². The summed E-state index contributed by atoms with van der Waals surface area (Å²) in [4.78, 5) is 12.7. The highest BCUT2D eigenvalue weighted by atomic mass is 32.2. The number of aryl methyl sites for hydroxylation is 2. The van der Waals surface area contributed by atoms with Gasteiger partial charge in [0.1, 0.15) is 0 Å². The molecule has 0 spiro atoms. The number of benzene rings is 3. The minimum atomic E-state index is -3.80. The van der Waals surface area contributed by atoms with Crippen LogP contribution >= 0.6 is 0 Å². The van der Waals surface area contributed by atoms with Gasteiger partial charge in [0.15, 0.2) is 0 Å². The molecule has 0 saturated heterocycles. The van der Waals surface area contributed by atoms with E-state index in [1.54, 1.807) is 24.3 Å². The summed E-state index contributed by atoms with van der Waals surface area (Å²) in [5, 5.41) is 2.91. The molecule has 0 radical (unpaired) electrons. The van der Waals surface area contributed by atoms with Crippen molar-refractivity contribution in [1.82, 2.24) is 5.32 Å². The molecule has 3 aromatic carbocycles. The Morgan fingerprint density at radius 3 is 2.07 bits per heavy atom. The smallest absolute Gasteiger partial charge is 0.261 e. The van der Waals surface area contributed by atoms with Crippen LogP contribution in [-0.4, -0.2) is 14.3 Å². The molecule has 3 aromatic rings. The van der Waals surface area contributed by atoms with Crippen LogP contribution < -0.4 is 10.0 Å². The molecule has 0 saturated carbocycles. The molecule has 0 aliphatic heterocycles. The van der Waals surface area contributed by atoms with Gasteiger partial charge >= 0.3 is 0 Å². The van der Waals surface area contributed by atoms with Gasteiger partial charge in [-0.15, -0.1) is 0 Å². The molecule has 0 aliphatic rings. The molecule has 0 bridgehead atoms. The maximum atomic E-state index is 12.7. The standard InChI is InChI=1S/C23H24N2O3S/c1-16-7-11-19(12-8-16)18(3)24-23(26)20-5-4-6-22(15-20)29(27,28)25-21-13-9-17(2)10-14-21/h4-15,18,25H,1-3H3,(H,24,26)/t18-/m0/s1. The van der Waals surface area contributed by atoms with Crippen LogP contribution in [0, 0.1) is 13.8 Å². The fraction of sp³-hybridized carbons (Fsp3) is 0.174. The van der Waals surface area contributed by atoms with Crippen LogP contribution in [0.25, 0.3) is 0 Å². The zero-order chi connectivity index (χ0) is 21.0. The second-order valence-corrected chi connectivity index (χ2v) is 8.79. The third kappa shape index (κ3) is 5.23. The van der Waals surface area contributed by atoms with Crippen LogP contribution in [0.3, 0.4) is 0 Å². The number of hydrogen-bond donors (Lipinski definition) is 2. The molecule has 29 heavy (non-hydrogen) atoms. The summed E-state index contributed by atoms with van der Waals surface area (Å²) in [5.74, 6) is -0.328. The van der Waals surface area contributed by atoms with Gasteiger partial charge in [0.25, 0.3) is 15.9 Å². The first-order valence-electron chi connectivity index (χ1n) is 9.31. The second kappa shape index (κ2) is 8.49. The number of sulfonamides is 1. The lowest BCUT2D eigenvalue weighted by Gasteiger charge is -2.15. The summed E-state index contributed by atoms with van der Waals surface area (Å²) in [6.07, 6.45) is 0. The summed E-state index contributed by atoms with van der Waals surface area (Å²) in [7, 11) is -3.80. The Balaban J connectivity index is 1.76. The van der Waals surface area contributed by atoms with Crippen molar-refractivity contribution in [1.29, 1.82) is 0 Å². The lowest BCUT2D eigenvalue weighted by molar-refractivity contribution is 0.0939. The number of carbonyl (C=O) groups is 1. The fourth-order valence-electron chi connectivity index (χ4n) is 2.86. The molecule has 0 aromatic heterocycles. The lowest BCUT2D eigenvalue weighted by atomic mass is 10.1. The number of amides is 1. The molecule has 2 N–H and O–H groups in total. The minimum absolute atomic E-state index is 0.0358. The molecule has 6 heteroatoms. The van der Waals surface area contributed by atoms with E-state index in [0.29, 0.717) is 5.69 Å². The van der Waals surface area contributed by atoms with Gasteiger partial charge in [-0.05, 0) is 56.7 Å². The van der Waals surface area contributed by atoms with Gasteiger partial charge < -0.3 is 5.32 Å². The monoisotopic (exact) mass is 408 g/mol. The molecule has 3 rings (SSSR count). The molecular formula is C23H24N2O3S. The molecule has 150 valence electrons. The highest BCUT2D eigenvalue weighted by Gasteiger charge is 2.18. The van der Waals surface area contributed by atoms with Crippen LogP contribution in [0.15, 0.2) is 77.7 Å². The molecule has 0 heterocycles. The topological polar surface area (TPSA) is 75.3 Å². The molecule has 1 atom stereocenters. The summed E-state index contributed by atoms with van der Waals surface area (Å²) in [6.45, 7) is 5.82. The van der Waals surface area contributed by atoms with E-state index in [9.17, 15) is 13.2 Å². The summed E-state index contributed by atoms with van der Waals surface area (Å²) in [6, 6.07) is 20.8. The largest absolute Gasteiger partial charge is 0.346 e. The van der Waals surface area contributed by atoms with Crippen LogP contribution in [-0.2, 0) is 10.0 Å². The average molecular weight is 409 g/mol. The summed E-state index contributed by atoms with van der Waals surface area (Å²) < 4.78 is 27.9. The van der Waals surface area contributed by atoms with E-state index in [2.05, 4.69) is 10.0 Å². The zero-order valence-corrected chi connectivity index (χ0v) is 17.5. The Bertz CT molecular complexity index is 1110.